The number of esters is 1. The van der Waals surface area contributed by atoms with Gasteiger partial charge in [0.15, 0.2) is 6.08 Å². The van der Waals surface area contributed by atoms with E-state index in [2.05, 4.69) is 11.4 Å². The molecule has 1 unspecified atom stereocenters. The van der Waals surface area contributed by atoms with E-state index in [4.69, 9.17) is 10.5 Å². The van der Waals surface area contributed by atoms with Gasteiger partial charge in [-0.2, -0.15) is 0 Å². The maximum atomic E-state index is 11.7. The lowest BCUT2D eigenvalue weighted by Crippen LogP contribution is -2.69. The molecule has 0 aromatic rings. The van der Waals surface area contributed by atoms with E-state index in [0.717, 1.165) is 11.4 Å². The van der Waals surface area contributed by atoms with Gasteiger partial charge in [-0.15, -0.1) is 11.8 Å². The number of hydrogen-bond acceptors (Lipinski definition) is 8. The first-order valence-electron chi connectivity index (χ1n) is 7.62. The second-order valence-electron chi connectivity index (χ2n) is 5.47. The number of fused-ring (bicyclic) bond motifs is 1. The first-order valence-corrected chi connectivity index (χ1v) is 8.67. The van der Waals surface area contributed by atoms with Gasteiger partial charge < -0.3 is 25.7 Å². The van der Waals surface area contributed by atoms with Crippen LogP contribution >= 0.6 is 11.8 Å². The zero-order chi connectivity index (χ0) is 18.6. The lowest BCUT2D eigenvalue weighted by Gasteiger charge is -2.49. The Labute approximate surface area is 149 Å². The van der Waals surface area contributed by atoms with Crippen molar-refractivity contribution in [2.45, 2.75) is 31.4 Å². The summed E-state index contributed by atoms with van der Waals surface area (Å²) in [6.45, 7) is 3.75. The van der Waals surface area contributed by atoms with Crippen LogP contribution in [-0.4, -0.2) is 52.6 Å². The predicted molar refractivity (Wildman–Crippen MR) is 89.3 cm³/mol. The maximum Gasteiger partial charge on any atom is 0.303 e. The number of β-lactam (4-membered cyclic amide) rings is 1. The number of aliphatic carboxylic acids is 1. The molecule has 0 aliphatic carbocycles. The molecule has 8 nitrogen and oxygen atoms in total. The summed E-state index contributed by atoms with van der Waals surface area (Å²) < 4.78 is 4.97. The molecule has 25 heavy (non-hydrogen) atoms. The predicted octanol–water partition coefficient (Wildman–Crippen LogP) is -1.35. The average molecular weight is 365 g/mol. The monoisotopic (exact) mass is 365 g/mol. The molecule has 0 bridgehead atoms. The van der Waals surface area contributed by atoms with Crippen molar-refractivity contribution in [1.82, 2.24) is 10.2 Å². The van der Waals surface area contributed by atoms with Crippen molar-refractivity contribution >= 4 is 29.6 Å². The van der Waals surface area contributed by atoms with E-state index in [0.29, 0.717) is 11.3 Å². The average Bonchev–Trinajstić information content (AvgIpc) is 2.61. The standard InChI is InChI=1S/C11H14N2O5S.C5H6N/c1-4(18-5(2)14)6-3-19-10-7(12)9(15)13(10)8(6)11(16)17;1-2-4-6-5-3-1/h4,7,10H,3,12H2,1-2H3,(H,16,17);1-2,5-6H,4H2/q;+1/p-1/t4?,7-,10-;/m1./s1. The molecule has 0 radical (unpaired) electrons. The van der Waals surface area contributed by atoms with E-state index >= 15 is 0 Å². The van der Waals surface area contributed by atoms with E-state index in [1.807, 2.05) is 12.2 Å². The largest absolute Gasteiger partial charge is 0.543 e. The zero-order valence-corrected chi connectivity index (χ0v) is 14.7. The third-order valence-corrected chi connectivity index (χ3v) is 5.02. The van der Waals surface area contributed by atoms with Gasteiger partial charge in [-0.3, -0.25) is 14.5 Å². The van der Waals surface area contributed by atoms with Crippen LogP contribution in [0.2, 0.25) is 0 Å². The van der Waals surface area contributed by atoms with Gasteiger partial charge in [0, 0.05) is 18.2 Å². The van der Waals surface area contributed by atoms with Crippen LogP contribution in [0.4, 0.5) is 0 Å². The number of dihydropyridines is 1. The lowest BCUT2D eigenvalue weighted by atomic mass is 10.0. The highest BCUT2D eigenvalue weighted by molar-refractivity contribution is 8.00. The molecule has 9 heteroatoms. The molecule has 3 atom stereocenters. The summed E-state index contributed by atoms with van der Waals surface area (Å²) in [4.78, 5) is 34.9. The minimum atomic E-state index is -1.46. The molecule has 1 fully saturated rings. The summed E-state index contributed by atoms with van der Waals surface area (Å²) >= 11 is 1.35. The minimum absolute atomic E-state index is 0.218. The van der Waals surface area contributed by atoms with E-state index in [9.17, 15) is 19.5 Å². The molecule has 3 N–H and O–H groups in total. The summed E-state index contributed by atoms with van der Waals surface area (Å²) in [6.07, 6.45) is 7.87. The molecule has 3 rings (SSSR count). The molecule has 1 saturated heterocycles. The number of nitrogens with one attached hydrogen (secondary N) is 1. The van der Waals surface area contributed by atoms with Crippen molar-refractivity contribution in [3.8, 4) is 0 Å². The molecule has 0 saturated carbocycles. The summed E-state index contributed by atoms with van der Waals surface area (Å²) in [7, 11) is 0. The number of carbonyl (C=O) groups excluding carboxylic acids is 3. The molecule has 3 heterocycles. The van der Waals surface area contributed by atoms with Crippen LogP contribution in [-0.2, 0) is 19.1 Å². The number of carboxylic acid groups (broad SMARTS) is 1. The van der Waals surface area contributed by atoms with Gasteiger partial charge in [0.1, 0.15) is 36.3 Å². The maximum absolute atomic E-state index is 11.7. The van der Waals surface area contributed by atoms with Crippen LogP contribution in [0.5, 0.6) is 0 Å². The van der Waals surface area contributed by atoms with Crippen molar-refractivity contribution in [2.24, 2.45) is 5.73 Å². The Hall–Kier alpha value is -2.35. The van der Waals surface area contributed by atoms with Crippen LogP contribution in [0.25, 0.3) is 0 Å². The van der Waals surface area contributed by atoms with Crippen LogP contribution in [0, 0.1) is 6.08 Å². The number of ether oxygens (including phenoxy) is 1. The zero-order valence-electron chi connectivity index (χ0n) is 13.9. The van der Waals surface area contributed by atoms with Gasteiger partial charge in [0.05, 0.1) is 17.7 Å². The summed E-state index contributed by atoms with van der Waals surface area (Å²) in [6, 6.07) is -0.690. The highest BCUT2D eigenvalue weighted by atomic mass is 32.2. The van der Waals surface area contributed by atoms with Crippen LogP contribution < -0.4 is 16.2 Å². The van der Waals surface area contributed by atoms with Crippen LogP contribution in [0.1, 0.15) is 13.8 Å². The second kappa shape index (κ2) is 8.15. The number of carbonyl (C=O) groups is 3. The molecule has 134 valence electrons. The van der Waals surface area contributed by atoms with Gasteiger partial charge in [-0.1, -0.05) is 0 Å². The highest BCUT2D eigenvalue weighted by Crippen LogP contribution is 2.40. The number of carboxylic acids is 1. The molecule has 3 aliphatic heterocycles. The Morgan fingerprint density at radius 3 is 2.72 bits per heavy atom. The fourth-order valence-electron chi connectivity index (χ4n) is 2.52. The fourth-order valence-corrected chi connectivity index (χ4v) is 3.92. The van der Waals surface area contributed by atoms with E-state index in [-0.39, 0.29) is 11.1 Å². The number of allylic oxidation sites excluding steroid dienone is 2. The Morgan fingerprint density at radius 1 is 1.56 bits per heavy atom. The molecular weight excluding hydrogens is 346 g/mol. The highest BCUT2D eigenvalue weighted by Gasteiger charge is 2.50. The molecule has 3 aliphatic rings. The van der Waals surface area contributed by atoms with E-state index in [1.165, 1.54) is 18.7 Å². The van der Waals surface area contributed by atoms with E-state index in [1.54, 1.807) is 13.1 Å². The summed E-state index contributed by atoms with van der Waals surface area (Å²) in [5.41, 5.74) is 5.75. The molecular formula is C16H19N3O5S. The topological polar surface area (TPSA) is 125 Å². The number of thioether (sulfide) groups is 1. The fraction of sp³-hybridized carbons (Fsp3) is 0.438. The minimum Gasteiger partial charge on any atom is -0.543 e. The van der Waals surface area contributed by atoms with E-state index < -0.39 is 30.0 Å². The van der Waals surface area contributed by atoms with Gasteiger partial charge in [-0.25, -0.2) is 0 Å². The summed E-state index contributed by atoms with van der Waals surface area (Å²) in [5, 5.41) is 13.8. The number of nitrogens with two attached hydrogens (primary N) is 1. The molecule has 0 aromatic carbocycles. The first kappa shape index (κ1) is 19.0. The Kier molecular flexibility index (Phi) is 6.19. The summed E-state index contributed by atoms with van der Waals surface area (Å²) in [5.74, 6) is -2.10. The molecule has 0 spiro atoms. The molecule has 1 amide bonds. The Bertz CT molecular complexity index is 646. The van der Waals surface area contributed by atoms with Gasteiger partial charge in [-0.05, 0) is 6.92 Å². The van der Waals surface area contributed by atoms with Crippen molar-refractivity contribution in [3.05, 3.63) is 35.7 Å². The first-order chi connectivity index (χ1) is 11.8. The third kappa shape index (κ3) is 4.19. The van der Waals surface area contributed by atoms with Gasteiger partial charge >= 0.3 is 5.97 Å². The number of nitrogens with zero attached hydrogens (tertiary/aromatic N) is 1. The third-order valence-electron chi connectivity index (χ3n) is 3.70. The SMILES string of the molecule is CC(=O)OC(C)C1=C(C(=O)[O-])N2C(=O)[C@@H](N)[C@H]2SC1.[C+]1=CNCC=C1. The van der Waals surface area contributed by atoms with Crippen molar-refractivity contribution in [2.75, 3.05) is 12.3 Å². The van der Waals surface area contributed by atoms with Crippen LogP contribution in [0.3, 0.4) is 0 Å². The van der Waals surface area contributed by atoms with Crippen LogP contribution in [0.15, 0.2) is 29.6 Å². The smallest absolute Gasteiger partial charge is 0.303 e. The lowest BCUT2D eigenvalue weighted by molar-refractivity contribution is -0.301. The number of hydrogen-bond donors (Lipinski definition) is 2. The Balaban J connectivity index is 0.000000316. The second-order valence-corrected chi connectivity index (χ2v) is 6.58. The van der Waals surface area contributed by atoms with Crippen molar-refractivity contribution in [1.29, 1.82) is 0 Å². The number of amides is 1. The quantitative estimate of drug-likeness (QED) is 0.357. The van der Waals surface area contributed by atoms with Gasteiger partial charge in [0.2, 0.25) is 5.91 Å². The van der Waals surface area contributed by atoms with Gasteiger partial charge in [0.25, 0.3) is 0 Å². The number of rotatable bonds is 3. The van der Waals surface area contributed by atoms with Crippen molar-refractivity contribution < 1.29 is 24.2 Å². The van der Waals surface area contributed by atoms with Crippen molar-refractivity contribution in [3.63, 3.8) is 0 Å². The Morgan fingerprint density at radius 2 is 2.28 bits per heavy atom. The normalized spacial score (nSPS) is 24.8. The molecule has 0 aromatic heterocycles.